The third-order valence-corrected chi connectivity index (χ3v) is 3.83. The maximum absolute atomic E-state index is 9.92. The number of halogens is 1. The highest BCUT2D eigenvalue weighted by atomic mass is 35.5. The van der Waals surface area contributed by atoms with E-state index in [1.165, 1.54) is 5.56 Å². The van der Waals surface area contributed by atoms with E-state index in [1.807, 2.05) is 30.3 Å². The third kappa shape index (κ3) is 3.70. The first-order chi connectivity index (χ1) is 8.27. The van der Waals surface area contributed by atoms with Crippen LogP contribution in [0.3, 0.4) is 0 Å². The van der Waals surface area contributed by atoms with E-state index in [0.717, 1.165) is 19.3 Å². The van der Waals surface area contributed by atoms with Crippen molar-refractivity contribution in [2.75, 3.05) is 6.61 Å². The summed E-state index contributed by atoms with van der Waals surface area (Å²) >= 11 is 6.05. The van der Waals surface area contributed by atoms with Crippen LogP contribution in [0.4, 0.5) is 0 Å². The number of aliphatic hydroxyl groups excluding tert-OH is 1. The van der Waals surface area contributed by atoms with Crippen LogP contribution in [0, 0.1) is 5.92 Å². The summed E-state index contributed by atoms with van der Waals surface area (Å²) in [5, 5.41) is 9.82. The zero-order chi connectivity index (χ0) is 12.1. The minimum absolute atomic E-state index is 0.103. The fourth-order valence-corrected chi connectivity index (χ4v) is 2.66. The Kier molecular flexibility index (Phi) is 4.84. The summed E-state index contributed by atoms with van der Waals surface area (Å²) < 4.78 is 5.66. The van der Waals surface area contributed by atoms with Gasteiger partial charge in [0.2, 0.25) is 0 Å². The first kappa shape index (κ1) is 12.9. The van der Waals surface area contributed by atoms with Gasteiger partial charge in [-0.2, -0.15) is 0 Å². The van der Waals surface area contributed by atoms with Gasteiger partial charge in [0.1, 0.15) is 0 Å². The number of aliphatic hydroxyl groups is 1. The van der Waals surface area contributed by atoms with E-state index < -0.39 is 6.10 Å². The van der Waals surface area contributed by atoms with Gasteiger partial charge < -0.3 is 9.84 Å². The van der Waals surface area contributed by atoms with Gasteiger partial charge in [-0.25, -0.2) is 0 Å². The molecule has 1 saturated carbocycles. The molecule has 17 heavy (non-hydrogen) atoms. The van der Waals surface area contributed by atoms with Gasteiger partial charge in [0.25, 0.3) is 0 Å². The third-order valence-electron chi connectivity index (χ3n) is 3.35. The number of alkyl halides is 1. The number of hydrogen-bond acceptors (Lipinski definition) is 2. The summed E-state index contributed by atoms with van der Waals surface area (Å²) in [6, 6.07) is 10.1. The quantitative estimate of drug-likeness (QED) is 0.837. The van der Waals surface area contributed by atoms with Gasteiger partial charge in [-0.3, -0.25) is 0 Å². The molecule has 2 nitrogen and oxygen atoms in total. The van der Waals surface area contributed by atoms with E-state index in [1.54, 1.807) is 0 Å². The zero-order valence-corrected chi connectivity index (χ0v) is 10.6. The molecule has 3 atom stereocenters. The Morgan fingerprint density at radius 2 is 2.00 bits per heavy atom. The molecule has 1 N–H and O–H groups in total. The van der Waals surface area contributed by atoms with Gasteiger partial charge in [-0.05, 0) is 18.4 Å². The first-order valence-electron chi connectivity index (χ1n) is 6.21. The van der Waals surface area contributed by atoms with Crippen LogP contribution < -0.4 is 0 Å². The molecule has 1 aliphatic carbocycles. The number of ether oxygens (including phenoxy) is 1. The average Bonchev–Trinajstić information content (AvgIpc) is 2.36. The summed E-state index contributed by atoms with van der Waals surface area (Å²) in [5.41, 5.74) is 1.17. The second-order valence-corrected chi connectivity index (χ2v) is 5.26. The topological polar surface area (TPSA) is 29.5 Å². The van der Waals surface area contributed by atoms with Gasteiger partial charge >= 0.3 is 0 Å². The molecule has 1 aromatic rings. The summed E-state index contributed by atoms with van der Waals surface area (Å²) in [5.74, 6) is 0.190. The van der Waals surface area contributed by atoms with Crippen molar-refractivity contribution in [2.45, 2.75) is 37.4 Å². The minimum atomic E-state index is -0.416. The highest BCUT2D eigenvalue weighted by molar-refractivity contribution is 6.21. The Morgan fingerprint density at radius 3 is 2.76 bits per heavy atom. The second kappa shape index (κ2) is 6.39. The second-order valence-electron chi connectivity index (χ2n) is 4.70. The van der Waals surface area contributed by atoms with Crippen molar-refractivity contribution >= 4 is 11.6 Å². The fourth-order valence-electron chi connectivity index (χ4n) is 2.30. The summed E-state index contributed by atoms with van der Waals surface area (Å²) in [4.78, 5) is 0. The Morgan fingerprint density at radius 1 is 1.24 bits per heavy atom. The molecule has 3 heteroatoms. The molecule has 2 rings (SSSR count). The van der Waals surface area contributed by atoms with Crippen LogP contribution >= 0.6 is 11.6 Å². The van der Waals surface area contributed by atoms with E-state index in [2.05, 4.69) is 0 Å². The lowest BCUT2D eigenvalue weighted by molar-refractivity contribution is 0.00189. The van der Waals surface area contributed by atoms with Crippen LogP contribution in [-0.4, -0.2) is 23.2 Å². The molecule has 1 aromatic carbocycles. The van der Waals surface area contributed by atoms with Gasteiger partial charge in [0.15, 0.2) is 0 Å². The molecule has 94 valence electrons. The van der Waals surface area contributed by atoms with Crippen LogP contribution in [0.5, 0.6) is 0 Å². The van der Waals surface area contributed by atoms with Crippen LogP contribution in [0.25, 0.3) is 0 Å². The van der Waals surface area contributed by atoms with Gasteiger partial charge in [0.05, 0.1) is 24.7 Å². The SMILES string of the molecule is O[C@H]1[C@@H](COCc2ccccc2)CCC[C@@H]1Cl. The van der Waals surface area contributed by atoms with E-state index in [4.69, 9.17) is 16.3 Å². The fraction of sp³-hybridized carbons (Fsp3) is 0.571. The van der Waals surface area contributed by atoms with Crippen molar-refractivity contribution in [3.8, 4) is 0 Å². The monoisotopic (exact) mass is 254 g/mol. The summed E-state index contributed by atoms with van der Waals surface area (Å²) in [6.07, 6.45) is 2.60. The smallest absolute Gasteiger partial charge is 0.0753 e. The highest BCUT2D eigenvalue weighted by Crippen LogP contribution is 2.28. The maximum atomic E-state index is 9.92. The molecule has 0 aliphatic heterocycles. The largest absolute Gasteiger partial charge is 0.391 e. The summed E-state index contributed by atoms with van der Waals surface area (Å²) in [6.45, 7) is 1.20. The molecule has 0 saturated heterocycles. The van der Waals surface area contributed by atoms with Crippen LogP contribution in [-0.2, 0) is 11.3 Å². The van der Waals surface area contributed by atoms with Crippen molar-refractivity contribution in [3.05, 3.63) is 35.9 Å². The lowest BCUT2D eigenvalue weighted by Crippen LogP contribution is -2.36. The van der Waals surface area contributed by atoms with Gasteiger partial charge in [-0.15, -0.1) is 11.6 Å². The first-order valence-corrected chi connectivity index (χ1v) is 6.65. The Bertz CT molecular complexity index is 328. The van der Waals surface area contributed by atoms with E-state index >= 15 is 0 Å². The van der Waals surface area contributed by atoms with Gasteiger partial charge in [-0.1, -0.05) is 36.8 Å². The Labute approximate surface area is 108 Å². The van der Waals surface area contributed by atoms with Crippen LogP contribution in [0.1, 0.15) is 24.8 Å². The predicted octanol–water partition coefficient (Wildman–Crippen LogP) is 2.97. The molecule has 1 aliphatic rings. The van der Waals surface area contributed by atoms with Crippen molar-refractivity contribution in [3.63, 3.8) is 0 Å². The van der Waals surface area contributed by atoms with Crippen molar-refractivity contribution < 1.29 is 9.84 Å². The number of hydrogen-bond donors (Lipinski definition) is 1. The lowest BCUT2D eigenvalue weighted by Gasteiger charge is -2.31. The molecular formula is C14H19ClO2. The summed E-state index contributed by atoms with van der Waals surface area (Å²) in [7, 11) is 0. The molecule has 0 bridgehead atoms. The Balaban J connectivity index is 1.75. The lowest BCUT2D eigenvalue weighted by atomic mass is 9.87. The molecule has 1 fully saturated rings. The van der Waals surface area contributed by atoms with E-state index in [0.29, 0.717) is 13.2 Å². The minimum Gasteiger partial charge on any atom is -0.391 e. The molecule has 0 amide bonds. The van der Waals surface area contributed by atoms with Crippen molar-refractivity contribution in [1.82, 2.24) is 0 Å². The molecule has 0 spiro atoms. The maximum Gasteiger partial charge on any atom is 0.0753 e. The molecular weight excluding hydrogens is 236 g/mol. The molecule has 0 unspecified atom stereocenters. The highest BCUT2D eigenvalue weighted by Gasteiger charge is 2.30. The van der Waals surface area contributed by atoms with Gasteiger partial charge in [0, 0.05) is 5.92 Å². The Hall–Kier alpha value is -0.570. The van der Waals surface area contributed by atoms with Crippen LogP contribution in [0.2, 0.25) is 0 Å². The standard InChI is InChI=1S/C14H19ClO2/c15-13-8-4-7-12(14(13)16)10-17-9-11-5-2-1-3-6-11/h1-3,5-6,12-14,16H,4,7-10H2/t12-,13+,14+/m1/s1. The zero-order valence-electron chi connectivity index (χ0n) is 9.89. The van der Waals surface area contributed by atoms with Crippen molar-refractivity contribution in [1.29, 1.82) is 0 Å². The van der Waals surface area contributed by atoms with Crippen LogP contribution in [0.15, 0.2) is 30.3 Å². The predicted molar refractivity (Wildman–Crippen MR) is 69.1 cm³/mol. The molecule has 0 radical (unpaired) electrons. The normalized spacial score (nSPS) is 29.2. The van der Waals surface area contributed by atoms with E-state index in [-0.39, 0.29) is 11.3 Å². The molecule has 0 aromatic heterocycles. The number of benzene rings is 1. The molecule has 0 heterocycles. The van der Waals surface area contributed by atoms with E-state index in [9.17, 15) is 5.11 Å². The van der Waals surface area contributed by atoms with Crippen molar-refractivity contribution in [2.24, 2.45) is 5.92 Å². The average molecular weight is 255 g/mol. The number of rotatable bonds is 4.